The van der Waals surface area contributed by atoms with E-state index < -0.39 is 0 Å². The zero-order chi connectivity index (χ0) is 15.1. The van der Waals surface area contributed by atoms with E-state index in [9.17, 15) is 4.79 Å². The van der Waals surface area contributed by atoms with Crippen molar-refractivity contribution >= 4 is 28.8 Å². The number of carbonyl (C=O) groups is 1. The van der Waals surface area contributed by atoms with Gasteiger partial charge in [0.15, 0.2) is 0 Å². The van der Waals surface area contributed by atoms with Crippen molar-refractivity contribution in [2.24, 2.45) is 0 Å². The molecule has 0 spiro atoms. The van der Waals surface area contributed by atoms with Crippen LogP contribution in [-0.2, 0) is 17.6 Å². The molecule has 1 heterocycles. The molecule has 5 heteroatoms. The lowest BCUT2D eigenvalue weighted by Gasteiger charge is -2.04. The highest BCUT2D eigenvalue weighted by Gasteiger charge is 2.03. The highest BCUT2D eigenvalue weighted by atomic mass is 35.5. The molecule has 0 aliphatic carbocycles. The second-order valence-corrected chi connectivity index (χ2v) is 6.44. The Morgan fingerprint density at radius 3 is 2.71 bits per heavy atom. The molecule has 1 aromatic carbocycles. The van der Waals surface area contributed by atoms with Gasteiger partial charge in [0.25, 0.3) is 0 Å². The van der Waals surface area contributed by atoms with E-state index in [0.29, 0.717) is 13.0 Å². The number of thiazole rings is 1. The molecule has 0 atom stereocenters. The van der Waals surface area contributed by atoms with Crippen LogP contribution >= 0.6 is 22.9 Å². The number of carbonyl (C=O) groups excluding carboxylic acids is 1. The van der Waals surface area contributed by atoms with Gasteiger partial charge < -0.3 is 5.32 Å². The van der Waals surface area contributed by atoms with Crippen LogP contribution in [0.25, 0.3) is 0 Å². The quantitative estimate of drug-likeness (QED) is 0.842. The molecule has 1 N–H and O–H groups in total. The average Bonchev–Trinajstić information content (AvgIpc) is 2.87. The zero-order valence-electron chi connectivity index (χ0n) is 12.1. The molecule has 0 saturated heterocycles. The van der Waals surface area contributed by atoms with E-state index in [1.165, 1.54) is 5.56 Å². The van der Waals surface area contributed by atoms with E-state index in [1.54, 1.807) is 11.3 Å². The number of hydrogen-bond acceptors (Lipinski definition) is 3. The summed E-state index contributed by atoms with van der Waals surface area (Å²) < 4.78 is 0. The second kappa shape index (κ2) is 8.15. The van der Waals surface area contributed by atoms with Crippen LogP contribution in [0.5, 0.6) is 0 Å². The number of halogens is 1. The van der Waals surface area contributed by atoms with Gasteiger partial charge in [-0.3, -0.25) is 4.79 Å². The summed E-state index contributed by atoms with van der Waals surface area (Å²) in [6.45, 7) is 2.65. The molecule has 0 aliphatic rings. The maximum atomic E-state index is 11.7. The average molecular weight is 323 g/mol. The maximum Gasteiger partial charge on any atom is 0.220 e. The number of rotatable bonds is 7. The number of aryl methyl sites for hydroxylation is 2. The van der Waals surface area contributed by atoms with Crippen molar-refractivity contribution in [3.05, 3.63) is 50.9 Å². The van der Waals surface area contributed by atoms with E-state index in [4.69, 9.17) is 11.6 Å². The van der Waals surface area contributed by atoms with Crippen LogP contribution < -0.4 is 5.32 Å². The molecule has 112 valence electrons. The minimum atomic E-state index is 0.107. The van der Waals surface area contributed by atoms with Crippen LogP contribution in [0.15, 0.2) is 29.6 Å². The van der Waals surface area contributed by atoms with Gasteiger partial charge >= 0.3 is 0 Å². The third-order valence-corrected chi connectivity index (χ3v) is 4.23. The fourth-order valence-corrected chi connectivity index (χ4v) is 2.82. The first-order valence-electron chi connectivity index (χ1n) is 7.05. The predicted molar refractivity (Wildman–Crippen MR) is 88.0 cm³/mol. The number of nitrogens with one attached hydrogen (secondary N) is 1. The van der Waals surface area contributed by atoms with Crippen LogP contribution in [0.3, 0.4) is 0 Å². The number of hydrogen-bond donors (Lipinski definition) is 1. The Kier molecular flexibility index (Phi) is 6.21. The fraction of sp³-hybridized carbons (Fsp3) is 0.375. The third-order valence-electron chi connectivity index (χ3n) is 3.15. The van der Waals surface area contributed by atoms with Crippen molar-refractivity contribution in [2.45, 2.75) is 32.6 Å². The maximum absolute atomic E-state index is 11.7. The molecule has 0 bridgehead atoms. The van der Waals surface area contributed by atoms with Crippen LogP contribution in [0.2, 0.25) is 5.02 Å². The third kappa shape index (κ3) is 5.86. The summed E-state index contributed by atoms with van der Waals surface area (Å²) in [5.41, 5.74) is 2.27. The van der Waals surface area contributed by atoms with Crippen molar-refractivity contribution in [2.75, 3.05) is 6.54 Å². The molecule has 1 aromatic heterocycles. The van der Waals surface area contributed by atoms with E-state index in [1.807, 2.05) is 36.6 Å². The van der Waals surface area contributed by atoms with E-state index in [0.717, 1.165) is 35.0 Å². The largest absolute Gasteiger partial charge is 0.356 e. The van der Waals surface area contributed by atoms with Gasteiger partial charge in [0.2, 0.25) is 5.91 Å². The summed E-state index contributed by atoms with van der Waals surface area (Å²) in [6, 6.07) is 7.77. The second-order valence-electron chi connectivity index (χ2n) is 4.94. The Labute approximate surface area is 134 Å². The minimum absolute atomic E-state index is 0.107. The number of aromatic nitrogens is 1. The standard InChI is InChI=1S/C16H19ClN2OS/c1-12-19-15(11-21-12)9-10-18-16(20)4-2-3-13-5-7-14(17)8-6-13/h5-8,11H,2-4,9-10H2,1H3,(H,18,20). The molecule has 0 fully saturated rings. The zero-order valence-corrected chi connectivity index (χ0v) is 13.6. The molecule has 0 unspecified atom stereocenters. The lowest BCUT2D eigenvalue weighted by Crippen LogP contribution is -2.25. The van der Waals surface area contributed by atoms with E-state index in [2.05, 4.69) is 10.3 Å². The first-order chi connectivity index (χ1) is 10.1. The molecule has 0 radical (unpaired) electrons. The van der Waals surface area contributed by atoms with Crippen molar-refractivity contribution in [1.82, 2.24) is 10.3 Å². The summed E-state index contributed by atoms with van der Waals surface area (Å²) in [7, 11) is 0. The monoisotopic (exact) mass is 322 g/mol. The summed E-state index contributed by atoms with van der Waals surface area (Å²) in [6.07, 6.45) is 3.10. The molecule has 3 nitrogen and oxygen atoms in total. The SMILES string of the molecule is Cc1nc(CCNC(=O)CCCc2ccc(Cl)cc2)cs1. The Morgan fingerprint density at radius 2 is 2.05 bits per heavy atom. The Bertz CT molecular complexity index is 580. The van der Waals surface area contributed by atoms with Crippen molar-refractivity contribution in [3.8, 4) is 0 Å². The van der Waals surface area contributed by atoms with Gasteiger partial charge in [-0.2, -0.15) is 0 Å². The van der Waals surface area contributed by atoms with E-state index in [-0.39, 0.29) is 5.91 Å². The van der Waals surface area contributed by atoms with Crippen molar-refractivity contribution < 1.29 is 4.79 Å². The van der Waals surface area contributed by atoms with Crippen LogP contribution in [0.1, 0.15) is 29.1 Å². The van der Waals surface area contributed by atoms with Crippen LogP contribution in [0, 0.1) is 6.92 Å². The first-order valence-corrected chi connectivity index (χ1v) is 8.31. The molecular formula is C16H19ClN2OS. The topological polar surface area (TPSA) is 42.0 Å². The summed E-state index contributed by atoms with van der Waals surface area (Å²) in [4.78, 5) is 16.1. The van der Waals surface area contributed by atoms with Crippen LogP contribution in [0.4, 0.5) is 0 Å². The molecule has 1 amide bonds. The normalized spacial score (nSPS) is 10.6. The predicted octanol–water partition coefficient (Wildman–Crippen LogP) is 3.79. The van der Waals surface area contributed by atoms with Crippen molar-refractivity contribution in [1.29, 1.82) is 0 Å². The molecule has 21 heavy (non-hydrogen) atoms. The molecular weight excluding hydrogens is 304 g/mol. The Hall–Kier alpha value is -1.39. The lowest BCUT2D eigenvalue weighted by molar-refractivity contribution is -0.121. The smallest absolute Gasteiger partial charge is 0.220 e. The van der Waals surface area contributed by atoms with Crippen molar-refractivity contribution in [3.63, 3.8) is 0 Å². The van der Waals surface area contributed by atoms with Crippen LogP contribution in [-0.4, -0.2) is 17.4 Å². The molecule has 2 rings (SSSR count). The van der Waals surface area contributed by atoms with Gasteiger partial charge in [0, 0.05) is 29.8 Å². The lowest BCUT2D eigenvalue weighted by atomic mass is 10.1. The Balaban J connectivity index is 1.60. The summed E-state index contributed by atoms with van der Waals surface area (Å²) in [5.74, 6) is 0.107. The van der Waals surface area contributed by atoms with E-state index >= 15 is 0 Å². The fourth-order valence-electron chi connectivity index (χ4n) is 2.05. The van der Waals surface area contributed by atoms with Gasteiger partial charge in [0.05, 0.1) is 10.7 Å². The minimum Gasteiger partial charge on any atom is -0.356 e. The van der Waals surface area contributed by atoms with Gasteiger partial charge in [-0.05, 0) is 37.5 Å². The van der Waals surface area contributed by atoms with Gasteiger partial charge in [0.1, 0.15) is 0 Å². The number of benzene rings is 1. The van der Waals surface area contributed by atoms with Gasteiger partial charge in [-0.1, -0.05) is 23.7 Å². The molecule has 2 aromatic rings. The van der Waals surface area contributed by atoms with Gasteiger partial charge in [-0.15, -0.1) is 11.3 Å². The molecule has 0 aliphatic heterocycles. The molecule has 0 saturated carbocycles. The summed E-state index contributed by atoms with van der Waals surface area (Å²) in [5, 5.41) is 6.80. The number of amides is 1. The highest BCUT2D eigenvalue weighted by molar-refractivity contribution is 7.09. The highest BCUT2D eigenvalue weighted by Crippen LogP contribution is 2.11. The first kappa shape index (κ1) is 16.0. The van der Waals surface area contributed by atoms with Gasteiger partial charge in [-0.25, -0.2) is 4.98 Å². The number of nitrogens with zero attached hydrogens (tertiary/aromatic N) is 1. The Morgan fingerprint density at radius 1 is 1.29 bits per heavy atom. The summed E-state index contributed by atoms with van der Waals surface area (Å²) >= 11 is 7.48.